The van der Waals surface area contributed by atoms with Crippen LogP contribution in [0.5, 0.6) is 5.88 Å². The fourth-order valence-electron chi connectivity index (χ4n) is 1.59. The Labute approximate surface area is 104 Å². The van der Waals surface area contributed by atoms with E-state index in [0.29, 0.717) is 17.3 Å². The molecule has 1 amide bonds. The smallest absolute Gasteiger partial charge is 0.262 e. The van der Waals surface area contributed by atoms with Gasteiger partial charge < -0.3 is 10.1 Å². The molecule has 0 bridgehead atoms. The van der Waals surface area contributed by atoms with Crippen LogP contribution in [-0.2, 0) is 6.42 Å². The number of aromatic nitrogens is 3. The van der Waals surface area contributed by atoms with E-state index in [2.05, 4.69) is 20.5 Å². The SMILES string of the molecule is CCc1cn[nH]c1NC(=O)c1cccnc1OC. The van der Waals surface area contributed by atoms with Crippen LogP contribution in [0.25, 0.3) is 0 Å². The van der Waals surface area contributed by atoms with Gasteiger partial charge in [0.2, 0.25) is 5.88 Å². The molecule has 6 nitrogen and oxygen atoms in total. The van der Waals surface area contributed by atoms with Crippen LogP contribution in [0.3, 0.4) is 0 Å². The van der Waals surface area contributed by atoms with Crippen LogP contribution in [0.1, 0.15) is 22.8 Å². The highest BCUT2D eigenvalue weighted by atomic mass is 16.5. The maximum Gasteiger partial charge on any atom is 0.262 e. The molecule has 0 saturated heterocycles. The molecule has 0 aliphatic carbocycles. The first-order chi connectivity index (χ1) is 8.76. The summed E-state index contributed by atoms with van der Waals surface area (Å²) in [6.07, 6.45) is 4.05. The van der Waals surface area contributed by atoms with Crippen LogP contribution in [-0.4, -0.2) is 28.2 Å². The Morgan fingerprint density at radius 2 is 2.39 bits per heavy atom. The maximum atomic E-state index is 12.1. The van der Waals surface area contributed by atoms with Crippen LogP contribution in [0, 0.1) is 0 Å². The Morgan fingerprint density at radius 1 is 1.56 bits per heavy atom. The highest BCUT2D eigenvalue weighted by molar-refractivity contribution is 6.05. The van der Waals surface area contributed by atoms with Crippen molar-refractivity contribution in [1.82, 2.24) is 15.2 Å². The number of H-pyrrole nitrogens is 1. The molecule has 0 aliphatic heterocycles. The Bertz CT molecular complexity index is 551. The fourth-order valence-corrected chi connectivity index (χ4v) is 1.59. The zero-order valence-electron chi connectivity index (χ0n) is 10.2. The number of aromatic amines is 1. The molecule has 94 valence electrons. The van der Waals surface area contributed by atoms with Gasteiger partial charge in [-0.3, -0.25) is 9.89 Å². The number of methoxy groups -OCH3 is 1. The summed E-state index contributed by atoms with van der Waals surface area (Å²) < 4.78 is 5.04. The third kappa shape index (κ3) is 2.32. The van der Waals surface area contributed by atoms with Gasteiger partial charge in [0.1, 0.15) is 11.4 Å². The first-order valence-corrected chi connectivity index (χ1v) is 5.58. The van der Waals surface area contributed by atoms with Crippen molar-refractivity contribution >= 4 is 11.7 Å². The van der Waals surface area contributed by atoms with Crippen LogP contribution < -0.4 is 10.1 Å². The van der Waals surface area contributed by atoms with Crippen molar-refractivity contribution in [3.8, 4) is 5.88 Å². The number of nitrogens with zero attached hydrogens (tertiary/aromatic N) is 2. The monoisotopic (exact) mass is 246 g/mol. The topological polar surface area (TPSA) is 79.9 Å². The number of rotatable bonds is 4. The predicted molar refractivity (Wildman–Crippen MR) is 66.7 cm³/mol. The number of carbonyl (C=O) groups excluding carboxylic acids is 1. The molecule has 0 saturated carbocycles. The molecule has 2 aromatic heterocycles. The number of nitrogens with one attached hydrogen (secondary N) is 2. The molecule has 0 spiro atoms. The van der Waals surface area contributed by atoms with E-state index in [1.54, 1.807) is 24.5 Å². The van der Waals surface area contributed by atoms with E-state index in [1.807, 2.05) is 6.92 Å². The third-order valence-corrected chi connectivity index (χ3v) is 2.55. The standard InChI is InChI=1S/C12H14N4O2/c1-3-8-7-14-16-10(8)15-11(17)9-5-4-6-13-12(9)18-2/h4-7H,3H2,1-2H3,(H2,14,15,16,17). The zero-order valence-corrected chi connectivity index (χ0v) is 10.2. The number of amides is 1. The lowest BCUT2D eigenvalue weighted by atomic mass is 10.2. The lowest BCUT2D eigenvalue weighted by molar-refractivity contribution is 0.102. The molecule has 2 rings (SSSR count). The summed E-state index contributed by atoms with van der Waals surface area (Å²) in [5, 5.41) is 9.40. The Balaban J connectivity index is 2.22. The van der Waals surface area contributed by atoms with Crippen molar-refractivity contribution in [2.45, 2.75) is 13.3 Å². The van der Waals surface area contributed by atoms with E-state index < -0.39 is 0 Å². The summed E-state index contributed by atoms with van der Waals surface area (Å²) in [4.78, 5) is 16.1. The number of pyridine rings is 1. The average Bonchev–Trinajstić information content (AvgIpc) is 2.85. The van der Waals surface area contributed by atoms with Crippen LogP contribution in [0.2, 0.25) is 0 Å². The van der Waals surface area contributed by atoms with Gasteiger partial charge >= 0.3 is 0 Å². The molecule has 2 aromatic rings. The molecular weight excluding hydrogens is 232 g/mol. The third-order valence-electron chi connectivity index (χ3n) is 2.55. The number of ether oxygens (including phenoxy) is 1. The van der Waals surface area contributed by atoms with Gasteiger partial charge in [0.05, 0.1) is 13.3 Å². The number of anilines is 1. The molecule has 0 radical (unpaired) electrons. The summed E-state index contributed by atoms with van der Waals surface area (Å²) in [5.41, 5.74) is 1.34. The minimum absolute atomic E-state index is 0.279. The number of hydrogen-bond donors (Lipinski definition) is 2. The Kier molecular flexibility index (Phi) is 3.57. The quantitative estimate of drug-likeness (QED) is 0.859. The summed E-state index contributed by atoms with van der Waals surface area (Å²) in [6.45, 7) is 1.99. The van der Waals surface area contributed by atoms with Crippen LogP contribution in [0.4, 0.5) is 5.82 Å². The van der Waals surface area contributed by atoms with Crippen LogP contribution in [0.15, 0.2) is 24.5 Å². The number of carbonyl (C=O) groups is 1. The Morgan fingerprint density at radius 3 is 3.11 bits per heavy atom. The van der Waals surface area contributed by atoms with Gasteiger partial charge in [-0.25, -0.2) is 4.98 Å². The van der Waals surface area contributed by atoms with E-state index in [0.717, 1.165) is 12.0 Å². The lowest BCUT2D eigenvalue weighted by Crippen LogP contribution is -2.15. The van der Waals surface area contributed by atoms with Crippen molar-refractivity contribution in [2.75, 3.05) is 12.4 Å². The highest BCUT2D eigenvalue weighted by Crippen LogP contribution is 2.17. The molecule has 6 heteroatoms. The summed E-state index contributed by atoms with van der Waals surface area (Å²) in [7, 11) is 1.48. The second-order valence-corrected chi connectivity index (χ2v) is 3.64. The first-order valence-electron chi connectivity index (χ1n) is 5.58. The maximum absolute atomic E-state index is 12.1. The molecule has 0 aliphatic rings. The summed E-state index contributed by atoms with van der Waals surface area (Å²) in [6, 6.07) is 3.34. The second-order valence-electron chi connectivity index (χ2n) is 3.64. The highest BCUT2D eigenvalue weighted by Gasteiger charge is 2.14. The van der Waals surface area contributed by atoms with Gasteiger partial charge in [0.15, 0.2) is 0 Å². The molecule has 2 heterocycles. The van der Waals surface area contributed by atoms with Crippen molar-refractivity contribution in [2.24, 2.45) is 0 Å². The van der Waals surface area contributed by atoms with Gasteiger partial charge in [0, 0.05) is 11.8 Å². The van der Waals surface area contributed by atoms with Gasteiger partial charge in [-0.15, -0.1) is 0 Å². The molecular formula is C12H14N4O2. The molecule has 0 aromatic carbocycles. The van der Waals surface area contributed by atoms with E-state index in [-0.39, 0.29) is 5.91 Å². The van der Waals surface area contributed by atoms with Gasteiger partial charge in [-0.05, 0) is 18.6 Å². The van der Waals surface area contributed by atoms with E-state index in [1.165, 1.54) is 7.11 Å². The van der Waals surface area contributed by atoms with Crippen molar-refractivity contribution in [3.05, 3.63) is 35.7 Å². The van der Waals surface area contributed by atoms with E-state index >= 15 is 0 Å². The average molecular weight is 246 g/mol. The largest absolute Gasteiger partial charge is 0.480 e. The number of hydrogen-bond acceptors (Lipinski definition) is 4. The molecule has 18 heavy (non-hydrogen) atoms. The van der Waals surface area contributed by atoms with E-state index in [9.17, 15) is 4.79 Å². The van der Waals surface area contributed by atoms with Crippen molar-refractivity contribution in [1.29, 1.82) is 0 Å². The summed E-state index contributed by atoms with van der Waals surface area (Å²) in [5.74, 6) is 0.625. The fraction of sp³-hybridized carbons (Fsp3) is 0.250. The van der Waals surface area contributed by atoms with E-state index in [4.69, 9.17) is 4.74 Å². The first kappa shape index (κ1) is 12.1. The Hall–Kier alpha value is -2.37. The minimum atomic E-state index is -0.279. The zero-order chi connectivity index (χ0) is 13.0. The minimum Gasteiger partial charge on any atom is -0.480 e. The normalized spacial score (nSPS) is 10.1. The molecule has 0 fully saturated rings. The lowest BCUT2D eigenvalue weighted by Gasteiger charge is -2.07. The molecule has 0 unspecified atom stereocenters. The van der Waals surface area contributed by atoms with Gasteiger partial charge in [-0.2, -0.15) is 5.10 Å². The second kappa shape index (κ2) is 5.31. The number of aryl methyl sites for hydroxylation is 1. The molecule has 0 atom stereocenters. The predicted octanol–water partition coefficient (Wildman–Crippen LogP) is 1.63. The van der Waals surface area contributed by atoms with Crippen molar-refractivity contribution < 1.29 is 9.53 Å². The van der Waals surface area contributed by atoms with Crippen molar-refractivity contribution in [3.63, 3.8) is 0 Å². The molecule has 2 N–H and O–H groups in total. The van der Waals surface area contributed by atoms with Gasteiger partial charge in [-0.1, -0.05) is 6.92 Å². The van der Waals surface area contributed by atoms with Crippen LogP contribution >= 0.6 is 0 Å². The van der Waals surface area contributed by atoms with Gasteiger partial charge in [0.25, 0.3) is 5.91 Å². The summed E-state index contributed by atoms with van der Waals surface area (Å²) >= 11 is 0.